The van der Waals surface area contributed by atoms with Crippen LogP contribution in [0.2, 0.25) is 0 Å². The van der Waals surface area contributed by atoms with Gasteiger partial charge >= 0.3 is 12.2 Å². The summed E-state index contributed by atoms with van der Waals surface area (Å²) in [6, 6.07) is 0. The first-order valence-electron chi connectivity index (χ1n) is 3.59. The van der Waals surface area contributed by atoms with Gasteiger partial charge in [-0.05, 0) is 20.3 Å². The molecule has 0 saturated heterocycles. The lowest BCUT2D eigenvalue weighted by Crippen LogP contribution is -2.39. The predicted octanol–water partition coefficient (Wildman–Crippen LogP) is 1.47. The number of hydrogen-bond acceptors (Lipinski definition) is 3. The molecule has 3 nitrogen and oxygen atoms in total. The molecule has 0 unspecified atom stereocenters. The summed E-state index contributed by atoms with van der Waals surface area (Å²) in [4.78, 5) is 10.9. The third-order valence-electron chi connectivity index (χ3n) is 1.67. The zero-order chi connectivity index (χ0) is 9.99. The van der Waals surface area contributed by atoms with Crippen molar-refractivity contribution in [3.8, 4) is 0 Å². The molecule has 0 radical (unpaired) electrons. The molecule has 0 saturated carbocycles. The fourth-order valence-corrected chi connectivity index (χ4v) is 0.406. The molecule has 0 aromatic rings. The van der Waals surface area contributed by atoms with Gasteiger partial charge in [-0.1, -0.05) is 6.92 Å². The SMILES string of the molecule is CCC(C)(C)C(=O)OC(N)(F)F. The summed E-state index contributed by atoms with van der Waals surface area (Å²) < 4.78 is 27.6. The Morgan fingerprint density at radius 2 is 1.92 bits per heavy atom. The molecule has 0 spiro atoms. The van der Waals surface area contributed by atoms with Crippen LogP contribution in [-0.4, -0.2) is 12.2 Å². The highest BCUT2D eigenvalue weighted by Crippen LogP contribution is 2.24. The molecule has 0 atom stereocenters. The Kier molecular flexibility index (Phi) is 3.15. The second kappa shape index (κ2) is 3.35. The summed E-state index contributed by atoms with van der Waals surface area (Å²) in [5.74, 6) is -0.988. The minimum Gasteiger partial charge on any atom is -0.387 e. The van der Waals surface area contributed by atoms with E-state index in [1.807, 2.05) is 0 Å². The Bertz CT molecular complexity index is 175. The van der Waals surface area contributed by atoms with Crippen molar-refractivity contribution in [3.63, 3.8) is 0 Å². The Morgan fingerprint density at radius 1 is 1.50 bits per heavy atom. The molecule has 0 bridgehead atoms. The zero-order valence-electron chi connectivity index (χ0n) is 7.36. The Morgan fingerprint density at radius 3 is 2.17 bits per heavy atom. The van der Waals surface area contributed by atoms with E-state index in [0.717, 1.165) is 0 Å². The maximum Gasteiger partial charge on any atom is 0.468 e. The fraction of sp³-hybridized carbons (Fsp3) is 0.857. The lowest BCUT2D eigenvalue weighted by molar-refractivity contribution is -0.236. The molecule has 72 valence electrons. The summed E-state index contributed by atoms with van der Waals surface area (Å²) in [7, 11) is 0. The van der Waals surface area contributed by atoms with Gasteiger partial charge in [0.1, 0.15) is 0 Å². The van der Waals surface area contributed by atoms with Gasteiger partial charge in [0.2, 0.25) is 0 Å². The number of hydrogen-bond donors (Lipinski definition) is 1. The highest BCUT2D eigenvalue weighted by Gasteiger charge is 2.35. The number of carbonyl (C=O) groups excluding carboxylic acids is 1. The van der Waals surface area contributed by atoms with E-state index in [0.29, 0.717) is 6.42 Å². The van der Waals surface area contributed by atoms with Crippen LogP contribution in [-0.2, 0) is 9.53 Å². The standard InChI is InChI=1S/C7H13F2NO2/c1-4-6(2,3)5(11)12-7(8,9)10/h4,10H2,1-3H3. The number of carbonyl (C=O) groups is 1. The molecular formula is C7H13F2NO2. The van der Waals surface area contributed by atoms with Gasteiger partial charge in [-0.2, -0.15) is 0 Å². The van der Waals surface area contributed by atoms with E-state index in [4.69, 9.17) is 0 Å². The van der Waals surface area contributed by atoms with Gasteiger partial charge in [0.05, 0.1) is 5.41 Å². The van der Waals surface area contributed by atoms with Crippen LogP contribution in [0.25, 0.3) is 0 Å². The molecule has 0 aliphatic heterocycles. The van der Waals surface area contributed by atoms with E-state index in [9.17, 15) is 13.6 Å². The smallest absolute Gasteiger partial charge is 0.387 e. The summed E-state index contributed by atoms with van der Waals surface area (Å²) in [5.41, 5.74) is 3.30. The van der Waals surface area contributed by atoms with Gasteiger partial charge in [-0.3, -0.25) is 4.79 Å². The van der Waals surface area contributed by atoms with Crippen molar-refractivity contribution in [2.75, 3.05) is 0 Å². The van der Waals surface area contributed by atoms with Gasteiger partial charge in [-0.25, -0.2) is 5.73 Å². The molecule has 0 amide bonds. The second-order valence-corrected chi connectivity index (χ2v) is 3.19. The Hall–Kier alpha value is -0.710. The van der Waals surface area contributed by atoms with Crippen LogP contribution in [0.15, 0.2) is 0 Å². The van der Waals surface area contributed by atoms with Gasteiger partial charge in [0.15, 0.2) is 0 Å². The fourth-order valence-electron chi connectivity index (χ4n) is 0.406. The number of alkyl halides is 2. The van der Waals surface area contributed by atoms with Gasteiger partial charge < -0.3 is 4.74 Å². The first-order valence-corrected chi connectivity index (χ1v) is 3.59. The molecular weight excluding hydrogens is 168 g/mol. The molecule has 0 aliphatic carbocycles. The third kappa shape index (κ3) is 3.61. The van der Waals surface area contributed by atoms with Crippen LogP contribution in [0.4, 0.5) is 8.78 Å². The predicted molar refractivity (Wildman–Crippen MR) is 39.3 cm³/mol. The normalized spacial score (nSPS) is 12.8. The largest absolute Gasteiger partial charge is 0.468 e. The van der Waals surface area contributed by atoms with Crippen LogP contribution in [0.3, 0.4) is 0 Å². The Labute approximate surface area is 69.9 Å². The highest BCUT2D eigenvalue weighted by molar-refractivity contribution is 5.75. The summed E-state index contributed by atoms with van der Waals surface area (Å²) in [5, 5.41) is 0. The molecule has 12 heavy (non-hydrogen) atoms. The monoisotopic (exact) mass is 181 g/mol. The first kappa shape index (κ1) is 11.3. The maximum atomic E-state index is 12.0. The van der Waals surface area contributed by atoms with Gasteiger partial charge in [0.25, 0.3) is 0 Å². The van der Waals surface area contributed by atoms with Crippen molar-refractivity contribution >= 4 is 5.97 Å². The topological polar surface area (TPSA) is 52.3 Å². The molecule has 0 rings (SSSR count). The number of rotatable bonds is 3. The second-order valence-electron chi connectivity index (χ2n) is 3.19. The summed E-state index contributed by atoms with van der Waals surface area (Å²) in [6.45, 7) is 4.73. The van der Waals surface area contributed by atoms with Crippen LogP contribution >= 0.6 is 0 Å². The molecule has 0 aromatic carbocycles. The van der Waals surface area contributed by atoms with E-state index in [-0.39, 0.29) is 0 Å². The van der Waals surface area contributed by atoms with Crippen molar-refractivity contribution < 1.29 is 18.3 Å². The van der Waals surface area contributed by atoms with Crippen LogP contribution in [0, 0.1) is 5.41 Å². The van der Waals surface area contributed by atoms with Crippen molar-refractivity contribution in [2.24, 2.45) is 11.1 Å². The van der Waals surface area contributed by atoms with E-state index in [2.05, 4.69) is 10.5 Å². The van der Waals surface area contributed by atoms with Crippen LogP contribution in [0.1, 0.15) is 27.2 Å². The average molecular weight is 181 g/mol. The zero-order valence-corrected chi connectivity index (χ0v) is 7.36. The first-order chi connectivity index (χ1) is 5.19. The van der Waals surface area contributed by atoms with Crippen molar-refractivity contribution in [3.05, 3.63) is 0 Å². The molecule has 0 aromatic heterocycles. The molecule has 2 N–H and O–H groups in total. The van der Waals surface area contributed by atoms with E-state index < -0.39 is 17.6 Å². The van der Waals surface area contributed by atoms with Gasteiger partial charge in [-0.15, -0.1) is 8.78 Å². The van der Waals surface area contributed by atoms with Gasteiger partial charge in [0, 0.05) is 0 Å². The lowest BCUT2D eigenvalue weighted by Gasteiger charge is -2.22. The number of esters is 1. The van der Waals surface area contributed by atoms with E-state index in [1.54, 1.807) is 6.92 Å². The average Bonchev–Trinajstić information content (AvgIpc) is 1.84. The Balaban J connectivity index is 4.23. The number of ether oxygens (including phenoxy) is 1. The minimum absolute atomic E-state index is 0.419. The quantitative estimate of drug-likeness (QED) is 0.407. The van der Waals surface area contributed by atoms with Crippen molar-refractivity contribution in [1.82, 2.24) is 0 Å². The maximum absolute atomic E-state index is 12.0. The van der Waals surface area contributed by atoms with E-state index in [1.165, 1.54) is 13.8 Å². The highest BCUT2D eigenvalue weighted by atomic mass is 19.3. The van der Waals surface area contributed by atoms with Crippen LogP contribution < -0.4 is 5.73 Å². The number of halogens is 2. The molecule has 0 fully saturated rings. The minimum atomic E-state index is -3.87. The van der Waals surface area contributed by atoms with Crippen molar-refractivity contribution in [1.29, 1.82) is 0 Å². The van der Waals surface area contributed by atoms with Crippen molar-refractivity contribution in [2.45, 2.75) is 33.4 Å². The van der Waals surface area contributed by atoms with E-state index >= 15 is 0 Å². The van der Waals surface area contributed by atoms with Crippen LogP contribution in [0.5, 0.6) is 0 Å². The molecule has 5 heteroatoms. The summed E-state index contributed by atoms with van der Waals surface area (Å²) in [6.07, 6.45) is -3.45. The summed E-state index contributed by atoms with van der Waals surface area (Å²) >= 11 is 0. The lowest BCUT2D eigenvalue weighted by atomic mass is 9.91. The molecule has 0 aliphatic rings. The molecule has 0 heterocycles. The third-order valence-corrected chi connectivity index (χ3v) is 1.67. The number of nitrogens with two attached hydrogens (primary N) is 1.